The summed E-state index contributed by atoms with van der Waals surface area (Å²) in [4.78, 5) is 23.8. The van der Waals surface area contributed by atoms with Crippen LogP contribution in [0.4, 0.5) is 11.6 Å². The SMILES string of the molecule is CCc1cc2c(N3CCCC(CN4CCN(c5ccccn5)CC4)C3)ncnc2s1. The Morgan fingerprint density at radius 2 is 1.93 bits per heavy atom. The maximum Gasteiger partial charge on any atom is 0.140 e. The van der Waals surface area contributed by atoms with E-state index < -0.39 is 0 Å². The Balaban J connectivity index is 1.21. The highest BCUT2D eigenvalue weighted by molar-refractivity contribution is 7.18. The average Bonchev–Trinajstić information content (AvgIpc) is 3.24. The summed E-state index contributed by atoms with van der Waals surface area (Å²) in [6, 6.07) is 8.48. The zero-order valence-corrected chi connectivity index (χ0v) is 18.5. The van der Waals surface area contributed by atoms with Crippen LogP contribution in [0.15, 0.2) is 36.8 Å². The molecule has 2 saturated heterocycles. The summed E-state index contributed by atoms with van der Waals surface area (Å²) in [7, 11) is 0. The predicted octanol–water partition coefficient (Wildman–Crippen LogP) is 3.69. The molecule has 3 aromatic heterocycles. The number of thiophene rings is 1. The van der Waals surface area contributed by atoms with E-state index in [1.165, 1.54) is 29.6 Å². The summed E-state index contributed by atoms with van der Waals surface area (Å²) >= 11 is 1.81. The van der Waals surface area contributed by atoms with Gasteiger partial charge in [-0.1, -0.05) is 13.0 Å². The Morgan fingerprint density at radius 1 is 1.03 bits per heavy atom. The largest absolute Gasteiger partial charge is 0.356 e. The molecule has 158 valence electrons. The van der Waals surface area contributed by atoms with Crippen molar-refractivity contribution in [3.05, 3.63) is 41.7 Å². The molecule has 0 bridgehead atoms. The van der Waals surface area contributed by atoms with Crippen molar-refractivity contribution < 1.29 is 0 Å². The average molecular weight is 423 g/mol. The monoisotopic (exact) mass is 422 g/mol. The van der Waals surface area contributed by atoms with Crippen LogP contribution in [-0.4, -0.2) is 65.7 Å². The van der Waals surface area contributed by atoms with Crippen molar-refractivity contribution in [1.82, 2.24) is 19.9 Å². The fourth-order valence-electron chi connectivity index (χ4n) is 4.79. The molecule has 2 fully saturated rings. The molecule has 1 atom stereocenters. The number of hydrogen-bond acceptors (Lipinski definition) is 7. The molecule has 0 saturated carbocycles. The summed E-state index contributed by atoms with van der Waals surface area (Å²) in [5.74, 6) is 2.95. The fraction of sp³-hybridized carbons (Fsp3) is 0.522. The van der Waals surface area contributed by atoms with Crippen molar-refractivity contribution in [1.29, 1.82) is 0 Å². The number of piperazine rings is 1. The summed E-state index contributed by atoms with van der Waals surface area (Å²) in [6.45, 7) is 9.97. The number of nitrogens with zero attached hydrogens (tertiary/aromatic N) is 6. The number of hydrogen-bond donors (Lipinski definition) is 0. The van der Waals surface area contributed by atoms with Gasteiger partial charge in [0.25, 0.3) is 0 Å². The molecule has 0 spiro atoms. The highest BCUT2D eigenvalue weighted by Gasteiger charge is 2.26. The Labute approximate surface area is 182 Å². The first-order valence-corrected chi connectivity index (χ1v) is 12.0. The van der Waals surface area contributed by atoms with Gasteiger partial charge in [-0.05, 0) is 43.4 Å². The van der Waals surface area contributed by atoms with E-state index >= 15 is 0 Å². The summed E-state index contributed by atoms with van der Waals surface area (Å²) in [6.07, 6.45) is 7.25. The van der Waals surface area contributed by atoms with Gasteiger partial charge in [-0.25, -0.2) is 15.0 Å². The molecule has 0 radical (unpaired) electrons. The van der Waals surface area contributed by atoms with Crippen LogP contribution in [0.2, 0.25) is 0 Å². The third-order valence-electron chi connectivity index (χ3n) is 6.39. The second-order valence-corrected chi connectivity index (χ2v) is 9.53. The first-order valence-electron chi connectivity index (χ1n) is 11.2. The standard InChI is InChI=1S/C23H30N6S/c1-2-19-14-20-22(25-17-26-23(20)30-19)29-9-5-6-18(16-29)15-27-10-12-28(13-11-27)21-7-3-4-8-24-21/h3-4,7-8,14,17-18H,2,5-6,9-13,15-16H2,1H3. The number of piperidine rings is 1. The second kappa shape index (κ2) is 8.86. The smallest absolute Gasteiger partial charge is 0.140 e. The molecule has 3 aromatic rings. The van der Waals surface area contributed by atoms with E-state index in [0.717, 1.165) is 62.2 Å². The maximum absolute atomic E-state index is 4.70. The summed E-state index contributed by atoms with van der Waals surface area (Å²) < 4.78 is 0. The van der Waals surface area contributed by atoms with E-state index in [1.807, 2.05) is 23.6 Å². The molecule has 0 aliphatic carbocycles. The van der Waals surface area contributed by atoms with Gasteiger partial charge in [0, 0.05) is 56.9 Å². The molecular formula is C23H30N6S. The Bertz CT molecular complexity index is 966. The van der Waals surface area contributed by atoms with Gasteiger partial charge in [0.15, 0.2) is 0 Å². The quantitative estimate of drug-likeness (QED) is 0.625. The number of anilines is 2. The van der Waals surface area contributed by atoms with Crippen molar-refractivity contribution in [3.63, 3.8) is 0 Å². The van der Waals surface area contributed by atoms with Gasteiger partial charge >= 0.3 is 0 Å². The summed E-state index contributed by atoms with van der Waals surface area (Å²) in [5.41, 5.74) is 0. The number of fused-ring (bicyclic) bond motifs is 1. The van der Waals surface area contributed by atoms with Gasteiger partial charge in [0.2, 0.25) is 0 Å². The third-order valence-corrected chi connectivity index (χ3v) is 7.58. The lowest BCUT2D eigenvalue weighted by Gasteiger charge is -2.40. The highest BCUT2D eigenvalue weighted by atomic mass is 32.1. The van der Waals surface area contributed by atoms with Gasteiger partial charge in [0.1, 0.15) is 22.8 Å². The van der Waals surface area contributed by atoms with Crippen LogP contribution in [0.3, 0.4) is 0 Å². The minimum absolute atomic E-state index is 0.703. The minimum Gasteiger partial charge on any atom is -0.356 e. The Morgan fingerprint density at radius 3 is 2.73 bits per heavy atom. The first kappa shape index (κ1) is 19.7. The number of aromatic nitrogens is 3. The van der Waals surface area contributed by atoms with E-state index in [4.69, 9.17) is 4.98 Å². The molecule has 0 aromatic carbocycles. The lowest BCUT2D eigenvalue weighted by Crippen LogP contribution is -2.50. The van der Waals surface area contributed by atoms with Gasteiger partial charge in [-0.3, -0.25) is 4.90 Å². The van der Waals surface area contributed by atoms with E-state index in [2.05, 4.69) is 49.8 Å². The highest BCUT2D eigenvalue weighted by Crippen LogP contribution is 2.32. The van der Waals surface area contributed by atoms with E-state index in [0.29, 0.717) is 5.92 Å². The second-order valence-electron chi connectivity index (χ2n) is 8.41. The van der Waals surface area contributed by atoms with Crippen molar-refractivity contribution >= 4 is 33.2 Å². The van der Waals surface area contributed by atoms with Gasteiger partial charge in [-0.2, -0.15) is 0 Å². The van der Waals surface area contributed by atoms with Crippen LogP contribution in [-0.2, 0) is 6.42 Å². The topological polar surface area (TPSA) is 48.4 Å². The van der Waals surface area contributed by atoms with Crippen molar-refractivity contribution in [2.75, 3.05) is 55.6 Å². The molecule has 7 heteroatoms. The third kappa shape index (κ3) is 4.14. The molecule has 0 N–H and O–H groups in total. The van der Waals surface area contributed by atoms with Crippen LogP contribution in [0.25, 0.3) is 10.2 Å². The number of pyridine rings is 1. The van der Waals surface area contributed by atoms with Crippen LogP contribution in [0, 0.1) is 5.92 Å². The molecule has 30 heavy (non-hydrogen) atoms. The number of rotatable bonds is 5. The van der Waals surface area contributed by atoms with Crippen LogP contribution in [0.1, 0.15) is 24.6 Å². The molecule has 5 heterocycles. The predicted molar refractivity (Wildman–Crippen MR) is 125 cm³/mol. The van der Waals surface area contributed by atoms with Gasteiger partial charge in [-0.15, -0.1) is 11.3 Å². The molecule has 0 amide bonds. The number of aryl methyl sites for hydroxylation is 1. The molecule has 2 aliphatic heterocycles. The lowest BCUT2D eigenvalue weighted by atomic mass is 9.97. The van der Waals surface area contributed by atoms with Gasteiger partial charge < -0.3 is 9.80 Å². The van der Waals surface area contributed by atoms with Gasteiger partial charge in [0.05, 0.1) is 5.39 Å². The van der Waals surface area contributed by atoms with E-state index in [1.54, 1.807) is 6.33 Å². The molecule has 2 aliphatic rings. The molecule has 1 unspecified atom stereocenters. The van der Waals surface area contributed by atoms with Crippen LogP contribution >= 0.6 is 11.3 Å². The Hall–Kier alpha value is -2.25. The molecular weight excluding hydrogens is 392 g/mol. The summed E-state index contributed by atoms with van der Waals surface area (Å²) in [5, 5.41) is 1.24. The lowest BCUT2D eigenvalue weighted by molar-refractivity contribution is 0.205. The van der Waals surface area contributed by atoms with Crippen molar-refractivity contribution in [3.8, 4) is 0 Å². The normalized spacial score (nSPS) is 20.8. The fourth-order valence-corrected chi connectivity index (χ4v) is 5.72. The van der Waals surface area contributed by atoms with E-state index in [9.17, 15) is 0 Å². The van der Waals surface area contributed by atoms with Crippen molar-refractivity contribution in [2.45, 2.75) is 26.2 Å². The van der Waals surface area contributed by atoms with Crippen LogP contribution in [0.5, 0.6) is 0 Å². The van der Waals surface area contributed by atoms with Crippen LogP contribution < -0.4 is 9.80 Å². The first-order chi connectivity index (χ1) is 14.8. The molecule has 6 nitrogen and oxygen atoms in total. The zero-order chi connectivity index (χ0) is 20.3. The van der Waals surface area contributed by atoms with E-state index in [-0.39, 0.29) is 0 Å². The Kier molecular flexibility index (Phi) is 5.82. The van der Waals surface area contributed by atoms with Crippen molar-refractivity contribution in [2.24, 2.45) is 5.92 Å². The zero-order valence-electron chi connectivity index (χ0n) is 17.7. The molecule has 5 rings (SSSR count). The maximum atomic E-state index is 4.70. The minimum atomic E-state index is 0.703.